The van der Waals surface area contributed by atoms with E-state index in [1.807, 2.05) is 0 Å². The van der Waals surface area contributed by atoms with Crippen LogP contribution < -0.4 is 42.2 Å². The molecule has 2 unspecified atom stereocenters. The average Bonchev–Trinajstić information content (AvgIpc) is 2.54. The van der Waals surface area contributed by atoms with E-state index in [2.05, 4.69) is 39.9 Å². The molecule has 24 nitrogen and oxygen atoms in total. The molecule has 2 aliphatic rings. The molecule has 0 amide bonds. The minimum atomic E-state index is -3.57. The third-order valence-electron chi connectivity index (χ3n) is 15.2. The second-order valence-electron chi connectivity index (χ2n) is 20.7. The van der Waals surface area contributed by atoms with E-state index < -0.39 is 96.6 Å². The Hall–Kier alpha value is -9.14. The van der Waals surface area contributed by atoms with Gasteiger partial charge in [-0.15, -0.1) is 0 Å². The van der Waals surface area contributed by atoms with Gasteiger partial charge in [0.05, 0.1) is 86.2 Å². The van der Waals surface area contributed by atoms with Gasteiger partial charge in [0, 0.05) is 49.4 Å². The molecule has 0 radical (unpaired) electrons. The number of hydrogen-bond donors (Lipinski definition) is 6. The van der Waals surface area contributed by atoms with Crippen LogP contribution >= 0.6 is 0 Å². The first kappa shape index (κ1) is 60.0. The second kappa shape index (κ2) is 24.1. The number of imidazole rings is 2. The number of aromatic nitrogens is 10. The van der Waals surface area contributed by atoms with Crippen molar-refractivity contribution < 1.29 is 73.9 Å². The third kappa shape index (κ3) is 11.7. The van der Waals surface area contributed by atoms with Gasteiger partial charge in [0.25, 0.3) is 12.9 Å². The molecule has 86 heavy (non-hydrogen) atoms. The minimum absolute atomic E-state index is 0.0523. The zero-order valence-corrected chi connectivity index (χ0v) is 45.5. The zero-order chi connectivity index (χ0) is 61.5. The number of benzene rings is 2. The Balaban J connectivity index is 0.865. The number of hydrogen-bond acceptors (Lipinski definition) is 22. The van der Waals surface area contributed by atoms with Crippen molar-refractivity contribution in [3.05, 3.63) is 108 Å². The normalized spacial score (nSPS) is 18.8. The van der Waals surface area contributed by atoms with E-state index in [1.165, 1.54) is 59.6 Å². The predicted octanol–water partition coefficient (Wildman–Crippen LogP) is 4.30. The molecule has 2 aromatic carbocycles. The maximum Gasteiger partial charge on any atom is 0.338 e. The van der Waals surface area contributed by atoms with Crippen LogP contribution in [0.4, 0.5) is 58.1 Å². The number of nitrogen functional groups attached to an aromatic ring is 2. The smallest absolute Gasteiger partial charge is 0.338 e. The van der Waals surface area contributed by atoms with Crippen molar-refractivity contribution in [3.63, 3.8) is 0 Å². The lowest BCUT2D eigenvalue weighted by atomic mass is 9.84. The van der Waals surface area contributed by atoms with E-state index in [9.17, 15) is 28.6 Å². The van der Waals surface area contributed by atoms with E-state index in [0.717, 1.165) is 38.5 Å². The highest BCUT2D eigenvalue weighted by Gasteiger charge is 2.51. The molecular weight excluding hydrogens is 1150 g/mol. The first-order valence-electron chi connectivity index (χ1n) is 26.3. The topological polar surface area (TPSA) is 335 Å². The highest BCUT2D eigenvalue weighted by Crippen LogP contribution is 2.39. The molecule has 0 bridgehead atoms. The number of pyridine rings is 2. The number of alkyl halides is 4. The van der Waals surface area contributed by atoms with Gasteiger partial charge in [0.15, 0.2) is 70.5 Å². The fourth-order valence-electron chi connectivity index (χ4n) is 10.8. The predicted molar refractivity (Wildman–Crippen MR) is 290 cm³/mol. The summed E-state index contributed by atoms with van der Waals surface area (Å²) in [6.07, 6.45) is -10.9. The maximum absolute atomic E-state index is 15.5. The number of methoxy groups -OCH3 is 2. The lowest BCUT2D eigenvalue weighted by Gasteiger charge is -2.45. The van der Waals surface area contributed by atoms with Crippen LogP contribution in [0.5, 0.6) is 11.5 Å². The summed E-state index contributed by atoms with van der Waals surface area (Å²) >= 11 is 0. The molecule has 8 heterocycles. The molecule has 2 aliphatic heterocycles. The SMILES string of the molecule is COc1cc(F)c(-c2cc(Cn3cnc4c(N)ncnc43)c(N3CCC[C@](N)([C@H](OC(=O)C(O)C(O)C(=O)O[C@H](C(F)F)[C@@]4(N)CCCN(c5cnc(-c6cc(F)c(OC)cc6F)cc5Cn5cnc6c(N)ncnc65)C4)C(F)F)C3)cn2)cc1F. The number of carbonyl (C=O) groups excluding carboxylic acids is 2. The van der Waals surface area contributed by atoms with Gasteiger partial charge in [-0.2, -0.15) is 0 Å². The minimum Gasteiger partial charge on any atom is -0.494 e. The number of rotatable bonds is 19. The fraction of sp³-hybridized carbons (Fsp3) is 0.370. The Morgan fingerprint density at radius 1 is 0.581 bits per heavy atom. The number of fused-ring (bicyclic) bond motifs is 2. The number of esters is 2. The number of aliphatic hydroxyl groups is 2. The lowest BCUT2D eigenvalue weighted by molar-refractivity contribution is -0.192. The molecule has 2 fully saturated rings. The summed E-state index contributed by atoms with van der Waals surface area (Å²) in [6.45, 7) is -0.941. The van der Waals surface area contributed by atoms with Crippen LogP contribution in [0.2, 0.25) is 0 Å². The molecule has 10 N–H and O–H groups in total. The highest BCUT2D eigenvalue weighted by atomic mass is 19.3. The van der Waals surface area contributed by atoms with E-state index >= 15 is 26.3 Å². The van der Waals surface area contributed by atoms with Crippen LogP contribution in [0.3, 0.4) is 0 Å². The van der Waals surface area contributed by atoms with Crippen LogP contribution in [0, 0.1) is 23.3 Å². The largest absolute Gasteiger partial charge is 0.494 e. The number of nitrogens with two attached hydrogens (primary N) is 4. The molecule has 6 aromatic heterocycles. The van der Waals surface area contributed by atoms with Crippen LogP contribution in [0.15, 0.2) is 74.1 Å². The van der Waals surface area contributed by atoms with Crippen molar-refractivity contribution in [1.29, 1.82) is 0 Å². The summed E-state index contributed by atoms with van der Waals surface area (Å²) in [6, 6.07) is 6.28. The van der Waals surface area contributed by atoms with E-state index in [0.29, 0.717) is 11.1 Å². The van der Waals surface area contributed by atoms with E-state index in [1.54, 1.807) is 9.13 Å². The first-order chi connectivity index (χ1) is 41.0. The molecule has 2 saturated heterocycles. The quantitative estimate of drug-likeness (QED) is 0.0485. The van der Waals surface area contributed by atoms with Gasteiger partial charge in [-0.1, -0.05) is 0 Å². The standard InChI is InChI=1S/C54H54F8N16O8/c1-83-37-13-29(55)27(11-31(37)57)33-9-25(17-77-23-73-39-47(63)69-21-71-49(39)77)35(15-67-33)75-7-3-5-53(65,19-75)43(45(59)60)85-51(81)41(79)42(80)52(82)86-44(46(61)62)54(66)6-4-8-76(20-54)36-16-68-34(28-12-32(58)38(84-2)14-30(28)56)10-26(36)18-78-24-74-40-48(64)70-22-72-50(40)78/h9-16,21-24,41-46,79-80H,3-8,17-20,65-66H2,1-2H3,(H2,63,69,71)(H2,64,70,72)/t41?,42?,43-,44-,53-,54-/m1/s1. The molecule has 0 spiro atoms. The molecule has 8 aromatic rings. The van der Waals surface area contributed by atoms with E-state index in [4.69, 9.17) is 41.9 Å². The molecule has 6 atom stereocenters. The summed E-state index contributed by atoms with van der Waals surface area (Å²) in [5, 5.41) is 22.0. The summed E-state index contributed by atoms with van der Waals surface area (Å²) in [5.74, 6) is -8.21. The Morgan fingerprint density at radius 2 is 0.977 bits per heavy atom. The van der Waals surface area contributed by atoms with Crippen molar-refractivity contribution in [3.8, 4) is 34.0 Å². The van der Waals surface area contributed by atoms with Crippen molar-refractivity contribution in [1.82, 2.24) is 49.0 Å². The summed E-state index contributed by atoms with van der Waals surface area (Å²) in [7, 11) is 2.32. The van der Waals surface area contributed by atoms with Gasteiger partial charge in [-0.05, 0) is 61.1 Å². The summed E-state index contributed by atoms with van der Waals surface area (Å²) in [5.41, 5.74) is 22.6. The van der Waals surface area contributed by atoms with E-state index in [-0.39, 0.29) is 131 Å². The number of piperidine rings is 2. The highest BCUT2D eigenvalue weighted by molar-refractivity contribution is 5.86. The van der Waals surface area contributed by atoms with Crippen molar-refractivity contribution >= 4 is 57.3 Å². The van der Waals surface area contributed by atoms with Crippen LogP contribution in [-0.2, 0) is 32.2 Å². The second-order valence-corrected chi connectivity index (χ2v) is 20.7. The number of ether oxygens (including phenoxy) is 4. The van der Waals surface area contributed by atoms with Crippen LogP contribution in [0.25, 0.3) is 44.8 Å². The van der Waals surface area contributed by atoms with Gasteiger partial charge in [-0.3, -0.25) is 9.97 Å². The van der Waals surface area contributed by atoms with Gasteiger partial charge >= 0.3 is 11.9 Å². The molecule has 10 rings (SSSR count). The Bertz CT molecular complexity index is 3620. The van der Waals surface area contributed by atoms with Crippen molar-refractivity contribution in [2.75, 3.05) is 61.7 Å². The Labute approximate surface area is 481 Å². The summed E-state index contributed by atoms with van der Waals surface area (Å²) < 4.78 is 145. The summed E-state index contributed by atoms with van der Waals surface area (Å²) in [4.78, 5) is 63.9. The Kier molecular flexibility index (Phi) is 16.8. The lowest BCUT2D eigenvalue weighted by Crippen LogP contribution is -2.65. The molecule has 32 heteroatoms. The number of aliphatic hydroxyl groups excluding tert-OH is 2. The maximum atomic E-state index is 15.5. The van der Waals surface area contributed by atoms with Gasteiger partial charge < -0.3 is 71.0 Å². The number of anilines is 4. The van der Waals surface area contributed by atoms with Crippen LogP contribution in [-0.4, -0.2) is 160 Å². The number of carbonyl (C=O) groups is 2. The Morgan fingerprint density at radius 3 is 1.35 bits per heavy atom. The molecule has 454 valence electrons. The molecule has 0 saturated carbocycles. The average molecular weight is 1210 g/mol. The van der Waals surface area contributed by atoms with Gasteiger partial charge in [-0.25, -0.2) is 74.6 Å². The molecule has 0 aliphatic carbocycles. The van der Waals surface area contributed by atoms with Crippen LogP contribution in [0.1, 0.15) is 36.8 Å². The van der Waals surface area contributed by atoms with Gasteiger partial charge in [0.1, 0.15) is 35.3 Å². The number of halogens is 8. The number of nitrogens with zero attached hydrogens (tertiary/aromatic N) is 12. The third-order valence-corrected chi connectivity index (χ3v) is 15.2. The monoisotopic (exact) mass is 1210 g/mol. The van der Waals surface area contributed by atoms with Gasteiger partial charge in [0.2, 0.25) is 0 Å². The van der Waals surface area contributed by atoms with Crippen molar-refractivity contribution in [2.24, 2.45) is 11.5 Å². The fourth-order valence-corrected chi connectivity index (χ4v) is 10.8. The first-order valence-corrected chi connectivity index (χ1v) is 26.3. The molecular formula is C54H54F8N16O8. The zero-order valence-electron chi connectivity index (χ0n) is 45.5. The van der Waals surface area contributed by atoms with Crippen molar-refractivity contribution in [2.45, 2.75) is 87.1 Å².